The summed E-state index contributed by atoms with van der Waals surface area (Å²) in [5.41, 5.74) is 6.12. The number of nitrogens with two attached hydrogens (primary N) is 1. The van der Waals surface area contributed by atoms with Crippen LogP contribution in [0.25, 0.3) is 0 Å². The minimum absolute atomic E-state index is 0. The summed E-state index contributed by atoms with van der Waals surface area (Å²) < 4.78 is 22.0. The molecule has 2 N–H and O–H groups in total. The Balaban J connectivity index is 0.00000272. The van der Waals surface area contributed by atoms with Crippen LogP contribution in [0.5, 0.6) is 0 Å². The van der Waals surface area contributed by atoms with Crippen molar-refractivity contribution in [1.29, 1.82) is 0 Å². The molecule has 0 unspecified atom stereocenters. The quantitative estimate of drug-likeness (QED) is 0.318. The number of nitrogen functional groups attached to an aromatic ring is 1. The number of hydrogen-bond donors (Lipinski definition) is 1. The summed E-state index contributed by atoms with van der Waals surface area (Å²) in [7, 11) is -1.98. The van der Waals surface area contributed by atoms with Crippen LogP contribution in [-0.4, -0.2) is 30.6 Å². The van der Waals surface area contributed by atoms with Crippen LogP contribution in [0.1, 0.15) is 33.9 Å². The van der Waals surface area contributed by atoms with E-state index in [1.54, 1.807) is 12.3 Å². The predicted octanol–water partition coefficient (Wildman–Crippen LogP) is 4.22. The van der Waals surface area contributed by atoms with Crippen LogP contribution in [0.2, 0.25) is 18.1 Å². The molecule has 0 saturated carbocycles. The van der Waals surface area contributed by atoms with Crippen molar-refractivity contribution in [2.24, 2.45) is 5.92 Å². The summed E-state index contributed by atoms with van der Waals surface area (Å²) in [4.78, 5) is 16.0. The van der Waals surface area contributed by atoms with Gasteiger partial charge in [0, 0.05) is 6.20 Å². The molecule has 30 heavy (non-hydrogen) atoms. The van der Waals surface area contributed by atoms with Crippen molar-refractivity contribution >= 4 is 30.1 Å². The van der Waals surface area contributed by atoms with E-state index < -0.39 is 20.2 Å². The van der Waals surface area contributed by atoms with Gasteiger partial charge in [0.25, 0.3) is 0 Å². The Morgan fingerprint density at radius 3 is 2.57 bits per heavy atom. The maximum Gasteiger partial charge on any atom is 3.00 e. The second kappa shape index (κ2) is 11.6. The summed E-state index contributed by atoms with van der Waals surface area (Å²) in [5.74, 6) is 0.674. The van der Waals surface area contributed by atoms with E-state index in [1.807, 2.05) is 6.08 Å². The molecule has 1 aliphatic heterocycles. The number of rotatable bonds is 7. The zero-order valence-corrected chi connectivity index (χ0v) is 21.9. The Morgan fingerprint density at radius 1 is 1.50 bits per heavy atom. The molecule has 1 aromatic heterocycles. The summed E-state index contributed by atoms with van der Waals surface area (Å²) in [5, 5.41) is 0.117. The molecule has 0 aliphatic carbocycles. The molecular formula is C20H30BrFeN3O4Si+3. The van der Waals surface area contributed by atoms with Crippen LogP contribution in [0.15, 0.2) is 39.8 Å². The van der Waals surface area contributed by atoms with Gasteiger partial charge in [0.15, 0.2) is 14.5 Å². The first-order valence-corrected chi connectivity index (χ1v) is 13.0. The number of hydrogen-bond acceptors (Lipinski definition) is 5. The van der Waals surface area contributed by atoms with Gasteiger partial charge in [-0.25, -0.2) is 4.79 Å². The number of anilines is 1. The van der Waals surface area contributed by atoms with E-state index in [-0.39, 0.29) is 34.0 Å². The number of aromatic nitrogens is 2. The van der Waals surface area contributed by atoms with Gasteiger partial charge in [0.2, 0.25) is 0 Å². The van der Waals surface area contributed by atoms with Crippen molar-refractivity contribution < 1.29 is 30.9 Å². The van der Waals surface area contributed by atoms with E-state index in [1.165, 1.54) is 4.57 Å². The fourth-order valence-electron chi connectivity index (χ4n) is 2.84. The average Bonchev–Trinajstić information content (AvgIpc) is 3.07. The van der Waals surface area contributed by atoms with Crippen molar-refractivity contribution in [2.45, 2.75) is 58.2 Å². The van der Waals surface area contributed by atoms with Crippen molar-refractivity contribution in [1.82, 2.24) is 9.55 Å². The fraction of sp³-hybridized carbons (Fsp3) is 0.550. The van der Waals surface area contributed by atoms with Gasteiger partial charge in [-0.05, 0) is 51.6 Å². The van der Waals surface area contributed by atoms with Crippen molar-refractivity contribution in [3.63, 3.8) is 0 Å². The smallest absolute Gasteiger partial charge is 3.00 e. The average molecular weight is 540 g/mol. The van der Waals surface area contributed by atoms with E-state index >= 15 is 0 Å². The SMILES string of the molecule is C=CC1=C[C@H](n2cc(Br)c(N)nc2=O)O[C@@H]1CO[Si](C)(C)C(C)(C)C(C)C.[C-]#[O+].[Fe+3]. The van der Waals surface area contributed by atoms with Crippen LogP contribution in [-0.2, 0) is 30.9 Å². The third-order valence-corrected chi connectivity index (χ3v) is 11.2. The number of ether oxygens (including phenoxy) is 1. The van der Waals surface area contributed by atoms with Crippen molar-refractivity contribution in [3.8, 4) is 0 Å². The van der Waals surface area contributed by atoms with Gasteiger partial charge in [-0.3, -0.25) is 4.57 Å². The van der Waals surface area contributed by atoms with E-state index in [0.29, 0.717) is 17.0 Å². The van der Waals surface area contributed by atoms with Crippen LogP contribution in [0, 0.1) is 12.6 Å². The van der Waals surface area contributed by atoms with Crippen molar-refractivity contribution in [2.75, 3.05) is 12.3 Å². The Bertz CT molecular complexity index is 852. The van der Waals surface area contributed by atoms with Crippen LogP contribution >= 0.6 is 15.9 Å². The maximum absolute atomic E-state index is 12.2. The van der Waals surface area contributed by atoms with Gasteiger partial charge in [-0.15, -0.1) is 0 Å². The Morgan fingerprint density at radius 2 is 2.07 bits per heavy atom. The number of nitrogens with zero attached hydrogens (tertiary/aromatic N) is 2. The van der Waals surface area contributed by atoms with Gasteiger partial charge in [-0.2, -0.15) is 4.98 Å². The molecule has 0 saturated heterocycles. The molecule has 7 nitrogen and oxygen atoms in total. The largest absolute Gasteiger partial charge is 3.00 e. The molecule has 2 rings (SSSR count). The van der Waals surface area contributed by atoms with Gasteiger partial charge in [-0.1, -0.05) is 40.3 Å². The van der Waals surface area contributed by atoms with E-state index in [2.05, 4.69) is 74.9 Å². The van der Waals surface area contributed by atoms with Gasteiger partial charge in [0.05, 0.1) is 11.1 Å². The molecule has 10 heteroatoms. The summed E-state index contributed by atoms with van der Waals surface area (Å²) in [6.45, 7) is 22.3. The zero-order valence-electron chi connectivity index (χ0n) is 18.2. The maximum atomic E-state index is 12.2. The molecular weight excluding hydrogens is 510 g/mol. The van der Waals surface area contributed by atoms with Crippen LogP contribution in [0.4, 0.5) is 5.82 Å². The molecule has 0 spiro atoms. The monoisotopic (exact) mass is 539 g/mol. The predicted molar refractivity (Wildman–Crippen MR) is 119 cm³/mol. The third kappa shape index (κ3) is 6.28. The Hall–Kier alpha value is -0.964. The molecule has 0 bridgehead atoms. The van der Waals surface area contributed by atoms with Gasteiger partial charge < -0.3 is 14.9 Å². The van der Waals surface area contributed by atoms with E-state index in [9.17, 15) is 4.79 Å². The minimum Gasteiger partial charge on any atom is 3.00 e. The van der Waals surface area contributed by atoms with E-state index in [0.717, 1.165) is 5.57 Å². The van der Waals surface area contributed by atoms with Crippen molar-refractivity contribution in [3.05, 3.63) is 52.1 Å². The summed E-state index contributed by atoms with van der Waals surface area (Å²) >= 11 is 3.30. The molecule has 1 radical (unpaired) electrons. The second-order valence-corrected chi connectivity index (χ2v) is 13.7. The minimum atomic E-state index is -1.98. The molecule has 0 amide bonds. The van der Waals surface area contributed by atoms with Crippen LogP contribution in [0.3, 0.4) is 0 Å². The standard InChI is InChI=1S/C19H30BrN3O3Si.CO.Fe/c1-8-13-9-16(23-10-14(20)17(21)22-18(23)24)26-15(13)11-25-27(6,7)19(4,5)12(2)3;1-2;/h8-10,12,15-16H,1,11H2,2-7H3,(H2,21,22,24);;/q;;+3/t15-,16-;;/m1../s1. The molecule has 0 fully saturated rings. The summed E-state index contributed by atoms with van der Waals surface area (Å²) in [6, 6.07) is 0. The first-order valence-electron chi connectivity index (χ1n) is 9.29. The van der Waals surface area contributed by atoms with Gasteiger partial charge >= 0.3 is 34.1 Å². The first kappa shape index (κ1) is 29.0. The molecule has 1 aromatic rings. The normalized spacial score (nSPS) is 18.8. The zero-order chi connectivity index (χ0) is 22.6. The summed E-state index contributed by atoms with van der Waals surface area (Å²) in [6.07, 6.45) is 4.38. The Kier molecular flexibility index (Phi) is 11.2. The Labute approximate surface area is 198 Å². The fourth-order valence-corrected chi connectivity index (χ4v) is 5.48. The van der Waals surface area contributed by atoms with E-state index in [4.69, 9.17) is 19.5 Å². The molecule has 2 atom stereocenters. The molecule has 0 aromatic carbocycles. The molecule has 1 aliphatic rings. The van der Waals surface area contributed by atoms with Gasteiger partial charge in [0.1, 0.15) is 11.9 Å². The number of halogens is 1. The second-order valence-electron chi connectivity index (χ2n) is 8.25. The molecule has 2 heterocycles. The molecule has 165 valence electrons. The first-order chi connectivity index (χ1) is 13.4. The van der Waals surface area contributed by atoms with Crippen LogP contribution < -0.4 is 11.4 Å². The third-order valence-electron chi connectivity index (χ3n) is 6.05. The topological polar surface area (TPSA) is 99.3 Å².